The molecule has 0 aliphatic heterocycles. The van der Waals surface area contributed by atoms with Crippen LogP contribution in [0.25, 0.3) is 0 Å². The fraction of sp³-hybridized carbons (Fsp3) is 0.0909. The number of hydrogen-bond donors (Lipinski definition) is 2. The molecule has 2 rings (SSSR count). The lowest BCUT2D eigenvalue weighted by Crippen LogP contribution is -2.12. The summed E-state index contributed by atoms with van der Waals surface area (Å²) in [6.07, 6.45) is 0. The van der Waals surface area contributed by atoms with Gasteiger partial charge in [-0.3, -0.25) is 4.72 Å². The van der Waals surface area contributed by atoms with Crippen LogP contribution in [0.5, 0.6) is 5.75 Å². The van der Waals surface area contributed by atoms with Crippen LogP contribution in [0.3, 0.4) is 0 Å². The van der Waals surface area contributed by atoms with Gasteiger partial charge in [-0.05, 0) is 40.5 Å². The highest BCUT2D eigenvalue weighted by atomic mass is 79.9. The van der Waals surface area contributed by atoms with Gasteiger partial charge >= 0.3 is 0 Å². The Morgan fingerprint density at radius 3 is 2.63 bits per heavy atom. The molecular weight excluding hydrogens is 374 g/mol. The molecule has 0 saturated carbocycles. The third-order valence-electron chi connectivity index (χ3n) is 2.37. The number of benzene rings is 1. The third kappa shape index (κ3) is 3.05. The number of para-hydroxylation sites is 1. The number of nitrogens with one attached hydrogen (secondary N) is 1. The predicted octanol–water partition coefficient (Wildman–Crippen LogP) is 3.98. The summed E-state index contributed by atoms with van der Waals surface area (Å²) >= 11 is 10.00. The number of rotatable bonds is 3. The molecular formula is C11H9BrClNO3S2. The summed E-state index contributed by atoms with van der Waals surface area (Å²) in [5.74, 6) is -0.120. The number of aromatic hydroxyl groups is 1. The summed E-state index contributed by atoms with van der Waals surface area (Å²) in [6.45, 7) is 1.70. The zero-order valence-electron chi connectivity index (χ0n) is 9.65. The molecule has 1 heterocycles. The molecule has 0 bridgehead atoms. The number of sulfonamides is 1. The molecule has 2 aromatic rings. The van der Waals surface area contributed by atoms with Crippen LogP contribution in [0, 0.1) is 6.92 Å². The van der Waals surface area contributed by atoms with Gasteiger partial charge in [0.1, 0.15) is 9.96 Å². The van der Waals surface area contributed by atoms with Crippen LogP contribution in [0.4, 0.5) is 5.69 Å². The van der Waals surface area contributed by atoms with Gasteiger partial charge in [0.15, 0.2) is 0 Å². The average Bonchev–Trinajstić information content (AvgIpc) is 2.66. The first-order valence-corrected chi connectivity index (χ1v) is 8.54. The Kier molecular flexibility index (Phi) is 4.10. The van der Waals surface area contributed by atoms with Crippen molar-refractivity contribution in [2.24, 2.45) is 0 Å². The number of halogens is 2. The van der Waals surface area contributed by atoms with Gasteiger partial charge in [-0.25, -0.2) is 8.42 Å². The van der Waals surface area contributed by atoms with Gasteiger partial charge in [-0.1, -0.05) is 23.7 Å². The van der Waals surface area contributed by atoms with E-state index in [-0.39, 0.29) is 15.6 Å². The average molecular weight is 383 g/mol. The first kappa shape index (κ1) is 14.6. The van der Waals surface area contributed by atoms with E-state index < -0.39 is 10.0 Å². The summed E-state index contributed by atoms with van der Waals surface area (Å²) in [4.78, 5) is 0. The molecule has 0 amide bonds. The van der Waals surface area contributed by atoms with Crippen LogP contribution in [0.2, 0.25) is 5.02 Å². The summed E-state index contributed by atoms with van der Waals surface area (Å²) in [6, 6.07) is 6.12. The zero-order chi connectivity index (χ0) is 14.2. The minimum Gasteiger partial charge on any atom is -0.506 e. The van der Waals surface area contributed by atoms with Crippen LogP contribution in [-0.4, -0.2) is 13.5 Å². The topological polar surface area (TPSA) is 66.4 Å². The van der Waals surface area contributed by atoms with E-state index in [2.05, 4.69) is 20.7 Å². The predicted molar refractivity (Wildman–Crippen MR) is 80.7 cm³/mol. The van der Waals surface area contributed by atoms with Crippen molar-refractivity contribution in [3.63, 3.8) is 0 Å². The number of aryl methyl sites for hydroxylation is 1. The SMILES string of the molecule is Cc1cccc(O)c1NS(=O)(=O)c1cc(Cl)c(Br)s1. The Bertz CT molecular complexity index is 688. The second-order valence-electron chi connectivity index (χ2n) is 3.76. The molecule has 0 aliphatic carbocycles. The van der Waals surface area contributed by atoms with Gasteiger partial charge in [0.25, 0.3) is 10.0 Å². The molecule has 102 valence electrons. The summed E-state index contributed by atoms with van der Waals surface area (Å²) in [7, 11) is -3.77. The number of anilines is 1. The van der Waals surface area contributed by atoms with Gasteiger partial charge in [0.05, 0.1) is 14.5 Å². The first-order chi connectivity index (χ1) is 8.81. The van der Waals surface area contributed by atoms with E-state index in [0.717, 1.165) is 11.3 Å². The van der Waals surface area contributed by atoms with E-state index in [1.54, 1.807) is 19.1 Å². The summed E-state index contributed by atoms with van der Waals surface area (Å²) in [5.41, 5.74) is 0.799. The highest BCUT2D eigenvalue weighted by molar-refractivity contribution is 9.11. The zero-order valence-corrected chi connectivity index (χ0v) is 13.6. The van der Waals surface area contributed by atoms with E-state index in [9.17, 15) is 13.5 Å². The Morgan fingerprint density at radius 1 is 1.42 bits per heavy atom. The molecule has 0 saturated heterocycles. The van der Waals surface area contributed by atoms with Crippen molar-refractivity contribution in [1.29, 1.82) is 0 Å². The minimum atomic E-state index is -3.77. The van der Waals surface area contributed by atoms with E-state index >= 15 is 0 Å². The molecule has 1 aromatic carbocycles. The van der Waals surface area contributed by atoms with Crippen molar-refractivity contribution in [2.45, 2.75) is 11.1 Å². The lowest BCUT2D eigenvalue weighted by molar-refractivity contribution is 0.477. The van der Waals surface area contributed by atoms with Gasteiger partial charge in [0, 0.05) is 0 Å². The van der Waals surface area contributed by atoms with Crippen molar-refractivity contribution in [2.75, 3.05) is 4.72 Å². The lowest BCUT2D eigenvalue weighted by atomic mass is 10.2. The molecule has 0 atom stereocenters. The second-order valence-corrected chi connectivity index (χ2v) is 8.45. The number of hydrogen-bond acceptors (Lipinski definition) is 4. The smallest absolute Gasteiger partial charge is 0.271 e. The highest BCUT2D eigenvalue weighted by Gasteiger charge is 2.21. The van der Waals surface area contributed by atoms with E-state index in [1.807, 2.05) is 0 Å². The van der Waals surface area contributed by atoms with Crippen LogP contribution >= 0.6 is 38.9 Å². The molecule has 0 fully saturated rings. The molecule has 2 N–H and O–H groups in total. The number of phenols is 1. The van der Waals surface area contributed by atoms with Crippen LogP contribution in [0.1, 0.15) is 5.56 Å². The third-order valence-corrected chi connectivity index (χ3v) is 6.67. The van der Waals surface area contributed by atoms with Crippen LogP contribution in [-0.2, 0) is 10.0 Å². The largest absolute Gasteiger partial charge is 0.506 e. The van der Waals surface area contributed by atoms with Crippen molar-refractivity contribution < 1.29 is 13.5 Å². The molecule has 0 aliphatic rings. The van der Waals surface area contributed by atoms with Crippen molar-refractivity contribution >= 4 is 54.6 Å². The number of phenolic OH excluding ortho intramolecular Hbond substituents is 1. The van der Waals surface area contributed by atoms with Crippen LogP contribution < -0.4 is 4.72 Å². The quantitative estimate of drug-likeness (QED) is 0.789. The van der Waals surface area contributed by atoms with Crippen molar-refractivity contribution in [3.05, 3.63) is 38.6 Å². The van der Waals surface area contributed by atoms with Gasteiger partial charge in [-0.2, -0.15) is 0 Å². The standard InChI is InChI=1S/C11H9BrClNO3S2/c1-6-3-2-4-8(15)10(6)14-19(16,17)9-5-7(13)11(12)18-9/h2-5,14-15H,1H3. The molecule has 0 radical (unpaired) electrons. The van der Waals surface area contributed by atoms with Gasteiger partial charge in [-0.15, -0.1) is 11.3 Å². The minimum absolute atomic E-state index is 0.0760. The Balaban J connectivity index is 2.42. The maximum absolute atomic E-state index is 12.2. The summed E-state index contributed by atoms with van der Waals surface area (Å²) in [5, 5.41) is 10.0. The monoisotopic (exact) mass is 381 g/mol. The number of thiophene rings is 1. The fourth-order valence-corrected chi connectivity index (χ4v) is 4.97. The van der Waals surface area contributed by atoms with Crippen molar-refractivity contribution in [3.8, 4) is 5.75 Å². The van der Waals surface area contributed by atoms with Gasteiger partial charge < -0.3 is 5.11 Å². The maximum Gasteiger partial charge on any atom is 0.271 e. The Hall–Kier alpha value is -0.760. The summed E-state index contributed by atoms with van der Waals surface area (Å²) < 4.78 is 27.3. The fourth-order valence-electron chi connectivity index (χ4n) is 1.43. The van der Waals surface area contributed by atoms with E-state index in [4.69, 9.17) is 11.6 Å². The normalized spacial score (nSPS) is 11.5. The van der Waals surface area contributed by atoms with Crippen LogP contribution in [0.15, 0.2) is 32.3 Å². The van der Waals surface area contributed by atoms with Gasteiger partial charge in [0.2, 0.25) is 0 Å². The molecule has 19 heavy (non-hydrogen) atoms. The molecule has 8 heteroatoms. The van der Waals surface area contributed by atoms with E-state index in [0.29, 0.717) is 14.4 Å². The lowest BCUT2D eigenvalue weighted by Gasteiger charge is -2.10. The maximum atomic E-state index is 12.2. The highest BCUT2D eigenvalue weighted by Crippen LogP contribution is 2.36. The Morgan fingerprint density at radius 2 is 2.11 bits per heavy atom. The molecule has 1 aromatic heterocycles. The first-order valence-electron chi connectivity index (χ1n) is 5.07. The Labute approximate surface area is 128 Å². The molecule has 0 spiro atoms. The second kappa shape index (κ2) is 5.32. The molecule has 0 unspecified atom stereocenters. The van der Waals surface area contributed by atoms with E-state index in [1.165, 1.54) is 12.1 Å². The van der Waals surface area contributed by atoms with Crippen molar-refractivity contribution in [1.82, 2.24) is 0 Å². The molecule has 4 nitrogen and oxygen atoms in total.